The number of rotatable bonds is 6. The molecular formula is C21H26Cl2N2O3. The maximum absolute atomic E-state index is 12.8. The molecule has 0 aliphatic carbocycles. The van der Waals surface area contributed by atoms with Gasteiger partial charge in [0.25, 0.3) is 5.91 Å². The number of hydrogen-bond donors (Lipinski definition) is 1. The Morgan fingerprint density at radius 3 is 2.43 bits per heavy atom. The lowest BCUT2D eigenvalue weighted by molar-refractivity contribution is -0.129. The molecule has 1 fully saturated rings. The van der Waals surface area contributed by atoms with Crippen molar-refractivity contribution in [3.63, 3.8) is 0 Å². The highest BCUT2D eigenvalue weighted by molar-refractivity contribution is 6.42. The molecule has 2 heterocycles. The number of hydrogen-bond acceptors (Lipinski definition) is 4. The van der Waals surface area contributed by atoms with E-state index in [0.29, 0.717) is 28.7 Å². The summed E-state index contributed by atoms with van der Waals surface area (Å²) in [6.45, 7) is 6.68. The standard InChI is InChI=1S/C21H26Cl2N2O3/c1-13(2)19(26)17-18(14-6-7-15(22)16(23)12-14)25(21(28)20(17)27)11-10-24-8-4-3-5-9-24/h6-7,12-13,18,27H,3-5,8-11H2,1-2H3. The van der Waals surface area contributed by atoms with Crippen LogP contribution in [0.1, 0.15) is 44.7 Å². The molecule has 1 aromatic carbocycles. The van der Waals surface area contributed by atoms with Crippen molar-refractivity contribution in [2.24, 2.45) is 5.92 Å². The van der Waals surface area contributed by atoms with Crippen molar-refractivity contribution in [3.8, 4) is 0 Å². The van der Waals surface area contributed by atoms with Gasteiger partial charge in [0.05, 0.1) is 21.7 Å². The lowest BCUT2D eigenvalue weighted by Crippen LogP contribution is -2.40. The van der Waals surface area contributed by atoms with Crippen LogP contribution < -0.4 is 0 Å². The summed E-state index contributed by atoms with van der Waals surface area (Å²) in [5.74, 6) is -1.52. The summed E-state index contributed by atoms with van der Waals surface area (Å²) in [7, 11) is 0. The fourth-order valence-electron chi connectivity index (χ4n) is 3.91. The van der Waals surface area contributed by atoms with Gasteiger partial charge in [-0.1, -0.05) is 49.5 Å². The Morgan fingerprint density at radius 1 is 1.14 bits per heavy atom. The molecule has 0 radical (unpaired) electrons. The van der Waals surface area contributed by atoms with E-state index in [-0.39, 0.29) is 17.3 Å². The molecule has 0 bridgehead atoms. The van der Waals surface area contributed by atoms with Gasteiger partial charge in [-0.25, -0.2) is 0 Å². The average Bonchev–Trinajstić information content (AvgIpc) is 2.93. The van der Waals surface area contributed by atoms with E-state index in [9.17, 15) is 14.7 Å². The Bertz CT molecular complexity index is 801. The fourth-order valence-corrected chi connectivity index (χ4v) is 4.21. The maximum Gasteiger partial charge on any atom is 0.290 e. The van der Waals surface area contributed by atoms with E-state index in [0.717, 1.165) is 25.9 Å². The minimum Gasteiger partial charge on any atom is -0.503 e. The number of Topliss-reactive ketones (excluding diaryl/α,β-unsaturated/α-hetero) is 1. The Balaban J connectivity index is 1.93. The molecule has 5 nitrogen and oxygen atoms in total. The zero-order valence-electron chi connectivity index (χ0n) is 16.3. The lowest BCUT2D eigenvalue weighted by Gasteiger charge is -2.32. The van der Waals surface area contributed by atoms with Crippen LogP contribution >= 0.6 is 23.2 Å². The topological polar surface area (TPSA) is 60.9 Å². The predicted molar refractivity (Wildman–Crippen MR) is 111 cm³/mol. The Labute approximate surface area is 175 Å². The summed E-state index contributed by atoms with van der Waals surface area (Å²) in [5.41, 5.74) is 0.825. The van der Waals surface area contributed by atoms with Gasteiger partial charge in [-0.2, -0.15) is 0 Å². The van der Waals surface area contributed by atoms with Crippen molar-refractivity contribution in [2.45, 2.75) is 39.2 Å². The predicted octanol–water partition coefficient (Wildman–Crippen LogP) is 4.40. The zero-order valence-corrected chi connectivity index (χ0v) is 17.8. The van der Waals surface area contributed by atoms with E-state index < -0.39 is 17.7 Å². The average molecular weight is 425 g/mol. The molecular weight excluding hydrogens is 399 g/mol. The summed E-state index contributed by atoms with van der Waals surface area (Å²) in [4.78, 5) is 29.6. The highest BCUT2D eigenvalue weighted by atomic mass is 35.5. The van der Waals surface area contributed by atoms with Crippen molar-refractivity contribution in [1.29, 1.82) is 0 Å². The first-order valence-electron chi connectivity index (χ1n) is 9.77. The first-order valence-corrected chi connectivity index (χ1v) is 10.5. The van der Waals surface area contributed by atoms with E-state index in [1.165, 1.54) is 6.42 Å². The van der Waals surface area contributed by atoms with Gasteiger partial charge >= 0.3 is 0 Å². The third-order valence-corrected chi connectivity index (χ3v) is 6.20. The van der Waals surface area contributed by atoms with Crippen molar-refractivity contribution < 1.29 is 14.7 Å². The first-order chi connectivity index (χ1) is 13.3. The van der Waals surface area contributed by atoms with Gasteiger partial charge in [0.15, 0.2) is 11.5 Å². The third kappa shape index (κ3) is 4.22. The van der Waals surface area contributed by atoms with Crippen molar-refractivity contribution in [3.05, 3.63) is 45.1 Å². The van der Waals surface area contributed by atoms with Gasteiger partial charge < -0.3 is 14.9 Å². The SMILES string of the molecule is CC(C)C(=O)C1=C(O)C(=O)N(CCN2CCCCC2)C1c1ccc(Cl)c(Cl)c1. The fraction of sp³-hybridized carbons (Fsp3) is 0.524. The number of ketones is 1. The molecule has 1 saturated heterocycles. The number of carbonyl (C=O) groups excluding carboxylic acids is 2. The van der Waals surface area contributed by atoms with E-state index in [2.05, 4.69) is 4.90 Å². The normalized spacial score (nSPS) is 21.1. The van der Waals surface area contributed by atoms with Crippen LogP contribution in [0.2, 0.25) is 10.0 Å². The Kier molecular flexibility index (Phi) is 6.69. The minimum absolute atomic E-state index is 0.150. The quantitative estimate of drug-likeness (QED) is 0.734. The van der Waals surface area contributed by atoms with E-state index in [4.69, 9.17) is 23.2 Å². The molecule has 1 N–H and O–H groups in total. The van der Waals surface area contributed by atoms with Crippen LogP contribution in [-0.2, 0) is 9.59 Å². The smallest absolute Gasteiger partial charge is 0.290 e. The van der Waals surface area contributed by atoms with E-state index >= 15 is 0 Å². The molecule has 2 aliphatic rings. The van der Waals surface area contributed by atoms with Gasteiger partial charge in [-0.05, 0) is 43.6 Å². The van der Waals surface area contributed by atoms with Gasteiger partial charge in [-0.3, -0.25) is 9.59 Å². The maximum atomic E-state index is 12.8. The number of carbonyl (C=O) groups is 2. The molecule has 152 valence electrons. The van der Waals surface area contributed by atoms with Crippen LogP contribution in [0.3, 0.4) is 0 Å². The van der Waals surface area contributed by atoms with Crippen LogP contribution in [0, 0.1) is 5.92 Å². The lowest BCUT2D eigenvalue weighted by atomic mass is 9.91. The van der Waals surface area contributed by atoms with Crippen LogP contribution in [0.5, 0.6) is 0 Å². The second-order valence-electron chi connectivity index (χ2n) is 7.76. The van der Waals surface area contributed by atoms with Gasteiger partial charge in [0, 0.05) is 19.0 Å². The molecule has 7 heteroatoms. The number of amides is 1. The highest BCUT2D eigenvalue weighted by Gasteiger charge is 2.44. The summed E-state index contributed by atoms with van der Waals surface area (Å²) in [5, 5.41) is 11.3. The highest BCUT2D eigenvalue weighted by Crippen LogP contribution is 2.40. The molecule has 28 heavy (non-hydrogen) atoms. The third-order valence-electron chi connectivity index (χ3n) is 5.46. The van der Waals surface area contributed by atoms with E-state index in [1.54, 1.807) is 36.9 Å². The molecule has 0 spiro atoms. The molecule has 1 aromatic rings. The van der Waals surface area contributed by atoms with Crippen molar-refractivity contribution >= 4 is 34.9 Å². The molecule has 0 saturated carbocycles. The van der Waals surface area contributed by atoms with Gasteiger partial charge in [0.1, 0.15) is 0 Å². The molecule has 3 rings (SSSR count). The van der Waals surface area contributed by atoms with Crippen LogP contribution in [0.4, 0.5) is 0 Å². The summed E-state index contributed by atoms with van der Waals surface area (Å²) in [6.07, 6.45) is 3.55. The van der Waals surface area contributed by atoms with E-state index in [1.807, 2.05) is 0 Å². The number of aliphatic hydroxyl groups excluding tert-OH is 1. The first kappa shape index (κ1) is 21.2. The number of benzene rings is 1. The number of halogens is 2. The Morgan fingerprint density at radius 2 is 1.82 bits per heavy atom. The minimum atomic E-state index is -0.651. The van der Waals surface area contributed by atoms with Crippen LogP contribution in [-0.4, -0.2) is 52.8 Å². The molecule has 0 aromatic heterocycles. The molecule has 1 unspecified atom stereocenters. The number of likely N-dealkylation sites (tertiary alicyclic amines) is 1. The molecule has 2 aliphatic heterocycles. The second kappa shape index (κ2) is 8.85. The number of aliphatic hydroxyl groups is 1. The van der Waals surface area contributed by atoms with Crippen LogP contribution in [0.15, 0.2) is 29.5 Å². The second-order valence-corrected chi connectivity index (χ2v) is 8.57. The van der Waals surface area contributed by atoms with Crippen molar-refractivity contribution in [2.75, 3.05) is 26.2 Å². The molecule has 1 atom stereocenters. The Hall–Kier alpha value is -1.56. The number of piperidine rings is 1. The number of nitrogens with zero attached hydrogens (tertiary/aromatic N) is 2. The largest absolute Gasteiger partial charge is 0.503 e. The summed E-state index contributed by atoms with van der Waals surface area (Å²) < 4.78 is 0. The molecule has 1 amide bonds. The van der Waals surface area contributed by atoms with Gasteiger partial charge in [0.2, 0.25) is 0 Å². The van der Waals surface area contributed by atoms with Crippen molar-refractivity contribution in [1.82, 2.24) is 9.80 Å². The monoisotopic (exact) mass is 424 g/mol. The van der Waals surface area contributed by atoms with Crippen LogP contribution in [0.25, 0.3) is 0 Å². The van der Waals surface area contributed by atoms with Gasteiger partial charge in [-0.15, -0.1) is 0 Å². The zero-order chi connectivity index (χ0) is 20.4. The summed E-state index contributed by atoms with van der Waals surface area (Å²) >= 11 is 12.2. The summed E-state index contributed by atoms with van der Waals surface area (Å²) in [6, 6.07) is 4.43.